The molecule has 0 unspecified atom stereocenters. The number of halogens is 1. The van der Waals surface area contributed by atoms with Crippen LogP contribution in [0.2, 0.25) is 5.02 Å². The lowest BCUT2D eigenvalue weighted by molar-refractivity contribution is -0.119. The molecule has 1 saturated carbocycles. The zero-order chi connectivity index (χ0) is 25.9. The maximum atomic E-state index is 13.4. The lowest BCUT2D eigenvalue weighted by Gasteiger charge is -2.22. The first kappa shape index (κ1) is 25.9. The molecule has 3 N–H and O–H groups in total. The molecule has 2 aromatic heterocycles. The van der Waals surface area contributed by atoms with E-state index in [0.29, 0.717) is 47.0 Å². The summed E-state index contributed by atoms with van der Waals surface area (Å²) in [4.78, 5) is 13.4. The quantitative estimate of drug-likeness (QED) is 0.334. The Kier molecular flexibility index (Phi) is 7.80. The van der Waals surface area contributed by atoms with Crippen molar-refractivity contribution in [2.24, 2.45) is 5.92 Å². The lowest BCUT2D eigenvalue weighted by atomic mass is 9.97. The Morgan fingerprint density at radius 1 is 1.28 bits per heavy atom. The van der Waals surface area contributed by atoms with Crippen molar-refractivity contribution in [2.45, 2.75) is 64.1 Å². The summed E-state index contributed by atoms with van der Waals surface area (Å²) in [6, 6.07) is 7.66. The van der Waals surface area contributed by atoms with Crippen molar-refractivity contribution in [3.63, 3.8) is 0 Å². The average Bonchev–Trinajstić information content (AvgIpc) is 3.55. The number of methoxy groups -OCH3 is 1. The number of benzene rings is 1. The number of hydrogen-bond donors (Lipinski definition) is 3. The molecule has 0 spiro atoms. The number of aromatic nitrogens is 3. The van der Waals surface area contributed by atoms with Crippen molar-refractivity contribution in [3.05, 3.63) is 47.7 Å². The molecule has 1 fully saturated rings. The van der Waals surface area contributed by atoms with Gasteiger partial charge in [-0.15, -0.1) is 0 Å². The Bertz CT molecular complexity index is 1190. The van der Waals surface area contributed by atoms with Gasteiger partial charge in [-0.2, -0.15) is 5.10 Å². The van der Waals surface area contributed by atoms with Gasteiger partial charge in [0.2, 0.25) is 5.91 Å². The predicted molar refractivity (Wildman–Crippen MR) is 137 cm³/mol. The van der Waals surface area contributed by atoms with Crippen molar-refractivity contribution < 1.29 is 24.5 Å². The number of aromatic hydroxyl groups is 1. The Hall–Kier alpha value is -3.17. The van der Waals surface area contributed by atoms with E-state index in [9.17, 15) is 15.0 Å². The molecular formula is C26H33ClN4O5. The monoisotopic (exact) mass is 516 g/mol. The Morgan fingerprint density at radius 2 is 2.00 bits per heavy atom. The molecule has 1 aliphatic rings. The largest absolute Gasteiger partial charge is 0.495 e. The van der Waals surface area contributed by atoms with Gasteiger partial charge in [0.25, 0.3) is 0 Å². The van der Waals surface area contributed by atoms with Gasteiger partial charge in [0, 0.05) is 18.3 Å². The van der Waals surface area contributed by atoms with Crippen molar-refractivity contribution in [3.8, 4) is 23.1 Å². The van der Waals surface area contributed by atoms with Crippen LogP contribution in [-0.2, 0) is 11.3 Å². The van der Waals surface area contributed by atoms with Crippen LogP contribution in [0.15, 0.2) is 42.7 Å². The zero-order valence-corrected chi connectivity index (χ0v) is 21.5. The summed E-state index contributed by atoms with van der Waals surface area (Å²) in [6.45, 7) is 3.68. The first-order valence-electron chi connectivity index (χ1n) is 12.1. The SMILES string of the molecule is COc1cccc(Oc2cc(O)n([C@@H](CC3CCCC3)C(=O)Nc3ccn(CC(C)(C)O)n3)c2)c1Cl. The molecule has 36 heavy (non-hydrogen) atoms. The summed E-state index contributed by atoms with van der Waals surface area (Å²) in [5.41, 5.74) is -0.933. The fourth-order valence-corrected chi connectivity index (χ4v) is 4.87. The highest BCUT2D eigenvalue weighted by Crippen LogP contribution is 2.39. The topological polar surface area (TPSA) is 111 Å². The minimum absolute atomic E-state index is 0.0882. The third kappa shape index (κ3) is 6.33. The molecular weight excluding hydrogens is 484 g/mol. The van der Waals surface area contributed by atoms with Gasteiger partial charge in [-0.1, -0.05) is 43.4 Å². The zero-order valence-electron chi connectivity index (χ0n) is 20.8. The van der Waals surface area contributed by atoms with Gasteiger partial charge in [-0.05, 0) is 38.3 Å². The molecule has 194 valence electrons. The van der Waals surface area contributed by atoms with E-state index in [-0.39, 0.29) is 11.8 Å². The Labute approximate surface area is 215 Å². The van der Waals surface area contributed by atoms with E-state index in [2.05, 4.69) is 10.4 Å². The molecule has 0 bridgehead atoms. The molecule has 1 aromatic carbocycles. The summed E-state index contributed by atoms with van der Waals surface area (Å²) >= 11 is 6.36. The van der Waals surface area contributed by atoms with E-state index < -0.39 is 11.6 Å². The highest BCUT2D eigenvalue weighted by Gasteiger charge is 2.29. The van der Waals surface area contributed by atoms with E-state index in [0.717, 1.165) is 25.7 Å². The molecule has 0 aliphatic heterocycles. The van der Waals surface area contributed by atoms with Crippen molar-refractivity contribution in [1.82, 2.24) is 14.3 Å². The van der Waals surface area contributed by atoms with E-state index in [1.165, 1.54) is 17.7 Å². The summed E-state index contributed by atoms with van der Waals surface area (Å²) in [6.07, 6.45) is 8.27. The third-order valence-corrected chi connectivity index (χ3v) is 6.66. The van der Waals surface area contributed by atoms with E-state index >= 15 is 0 Å². The van der Waals surface area contributed by atoms with Crippen molar-refractivity contribution in [2.75, 3.05) is 12.4 Å². The van der Waals surface area contributed by atoms with Crippen LogP contribution in [0.1, 0.15) is 52.0 Å². The number of ether oxygens (including phenoxy) is 2. The number of hydrogen-bond acceptors (Lipinski definition) is 6. The van der Waals surface area contributed by atoms with Gasteiger partial charge < -0.3 is 29.6 Å². The molecule has 0 radical (unpaired) electrons. The second kappa shape index (κ2) is 10.8. The number of nitrogens with one attached hydrogen (secondary N) is 1. The Morgan fingerprint density at radius 3 is 2.69 bits per heavy atom. The van der Waals surface area contributed by atoms with Crippen LogP contribution in [0.5, 0.6) is 23.1 Å². The summed E-state index contributed by atoms with van der Waals surface area (Å²) < 4.78 is 14.3. The standard InChI is InChI=1S/C26H33ClN4O5/c1-26(2,34)16-30-12-11-22(29-30)28-25(33)19(13-17-7-4-5-8-17)31-15-18(14-23(31)32)36-21-10-6-9-20(35-3)24(21)27/h6,9-12,14-15,17,19,32,34H,4-5,7-8,13,16H2,1-3H3,(H,28,29,33)/t19-/m0/s1. The minimum Gasteiger partial charge on any atom is -0.495 e. The number of anilines is 1. The van der Waals surface area contributed by atoms with Crippen LogP contribution >= 0.6 is 11.6 Å². The first-order chi connectivity index (χ1) is 17.1. The van der Waals surface area contributed by atoms with Crippen LogP contribution < -0.4 is 14.8 Å². The van der Waals surface area contributed by atoms with Gasteiger partial charge >= 0.3 is 0 Å². The number of carbonyl (C=O) groups is 1. The molecule has 2 heterocycles. The fraction of sp³-hybridized carbons (Fsp3) is 0.462. The van der Waals surface area contributed by atoms with Gasteiger partial charge in [0.1, 0.15) is 28.3 Å². The van der Waals surface area contributed by atoms with E-state index in [4.69, 9.17) is 21.1 Å². The lowest BCUT2D eigenvalue weighted by Crippen LogP contribution is -2.28. The van der Waals surface area contributed by atoms with Gasteiger partial charge in [-0.25, -0.2) is 0 Å². The van der Waals surface area contributed by atoms with E-state index in [1.54, 1.807) is 55.2 Å². The average molecular weight is 517 g/mol. The minimum atomic E-state index is -0.933. The normalized spacial score (nSPS) is 15.1. The van der Waals surface area contributed by atoms with Crippen LogP contribution in [-0.4, -0.2) is 43.2 Å². The highest BCUT2D eigenvalue weighted by atomic mass is 35.5. The summed E-state index contributed by atoms with van der Waals surface area (Å²) in [5.74, 6) is 1.59. The number of aliphatic hydroxyl groups is 1. The van der Waals surface area contributed by atoms with Crippen molar-refractivity contribution in [1.29, 1.82) is 0 Å². The molecule has 1 aliphatic carbocycles. The second-order valence-corrected chi connectivity index (χ2v) is 10.3. The molecule has 4 rings (SSSR count). The van der Waals surface area contributed by atoms with Crippen LogP contribution in [0.25, 0.3) is 0 Å². The third-order valence-electron chi connectivity index (χ3n) is 6.29. The maximum absolute atomic E-state index is 13.4. The maximum Gasteiger partial charge on any atom is 0.248 e. The summed E-state index contributed by atoms with van der Waals surface area (Å²) in [5, 5.41) is 28.3. The van der Waals surface area contributed by atoms with E-state index in [1.807, 2.05) is 0 Å². The molecule has 9 nitrogen and oxygen atoms in total. The number of nitrogens with zero attached hydrogens (tertiary/aromatic N) is 3. The van der Waals surface area contributed by atoms with Crippen LogP contribution in [0, 0.1) is 5.92 Å². The van der Waals surface area contributed by atoms with Gasteiger partial charge in [-0.3, -0.25) is 9.48 Å². The number of carbonyl (C=O) groups excluding carboxylic acids is 1. The molecule has 0 saturated heterocycles. The second-order valence-electron chi connectivity index (χ2n) is 9.92. The highest BCUT2D eigenvalue weighted by molar-refractivity contribution is 6.33. The van der Waals surface area contributed by atoms with Crippen LogP contribution in [0.4, 0.5) is 5.82 Å². The Balaban J connectivity index is 1.56. The first-order valence-corrected chi connectivity index (χ1v) is 12.5. The fourth-order valence-electron chi connectivity index (χ4n) is 4.63. The van der Waals surface area contributed by atoms with Gasteiger partial charge in [0.15, 0.2) is 11.7 Å². The predicted octanol–water partition coefficient (Wildman–Crippen LogP) is 5.38. The smallest absolute Gasteiger partial charge is 0.248 e. The number of rotatable bonds is 10. The van der Waals surface area contributed by atoms with Crippen molar-refractivity contribution >= 4 is 23.3 Å². The van der Waals surface area contributed by atoms with Crippen LogP contribution in [0.3, 0.4) is 0 Å². The molecule has 1 atom stereocenters. The van der Waals surface area contributed by atoms with Gasteiger partial charge in [0.05, 0.1) is 25.5 Å². The number of amides is 1. The molecule has 10 heteroatoms. The summed E-state index contributed by atoms with van der Waals surface area (Å²) in [7, 11) is 1.52. The molecule has 3 aromatic rings. The molecule has 1 amide bonds.